The van der Waals surface area contributed by atoms with E-state index in [4.69, 9.17) is 9.47 Å². The van der Waals surface area contributed by atoms with Gasteiger partial charge in [0.25, 0.3) is 11.8 Å². The van der Waals surface area contributed by atoms with Gasteiger partial charge in [0.15, 0.2) is 5.82 Å². The molecule has 0 saturated heterocycles. The second kappa shape index (κ2) is 12.3. The standard InChI is InChI=1S/C21H26N8O3.CH4/c1-4-5-17(32-21-14(12-22)8-9-23-27-21)7-6-15-11-19(26-25-15)24-20(30)18-10-16(13-31-3)28-29(18)2;/h8-11,17H,4-7,13H2,1-3H3,(H2,24,25,26,30);1H4. The molecule has 1 atom stereocenters. The van der Waals surface area contributed by atoms with E-state index in [0.29, 0.717) is 42.2 Å². The highest BCUT2D eigenvalue weighted by Crippen LogP contribution is 2.19. The van der Waals surface area contributed by atoms with Crippen LogP contribution in [0.25, 0.3) is 0 Å². The zero-order chi connectivity index (χ0) is 22.9. The number of methoxy groups -OCH3 is 1. The number of nitriles is 1. The molecule has 0 spiro atoms. The quantitative estimate of drug-likeness (QED) is 0.450. The van der Waals surface area contributed by atoms with E-state index in [-0.39, 0.29) is 25.3 Å². The second-order valence-electron chi connectivity index (χ2n) is 7.24. The maximum atomic E-state index is 12.6. The van der Waals surface area contributed by atoms with Crippen molar-refractivity contribution in [2.24, 2.45) is 7.05 Å². The summed E-state index contributed by atoms with van der Waals surface area (Å²) in [6.07, 6.45) is 4.41. The second-order valence-corrected chi connectivity index (χ2v) is 7.24. The van der Waals surface area contributed by atoms with Crippen molar-refractivity contribution < 1.29 is 14.3 Å². The van der Waals surface area contributed by atoms with Gasteiger partial charge in [0.2, 0.25) is 0 Å². The summed E-state index contributed by atoms with van der Waals surface area (Å²) in [6.45, 7) is 2.40. The first-order valence-corrected chi connectivity index (χ1v) is 10.3. The van der Waals surface area contributed by atoms with Gasteiger partial charge in [-0.3, -0.25) is 14.6 Å². The first-order valence-electron chi connectivity index (χ1n) is 10.3. The summed E-state index contributed by atoms with van der Waals surface area (Å²) in [6, 6.07) is 7.12. The van der Waals surface area contributed by atoms with Crippen molar-refractivity contribution in [1.82, 2.24) is 30.2 Å². The molecular formula is C22H30N8O3. The van der Waals surface area contributed by atoms with Crippen LogP contribution >= 0.6 is 0 Å². The highest BCUT2D eigenvalue weighted by molar-refractivity contribution is 6.02. The van der Waals surface area contributed by atoms with Crippen LogP contribution < -0.4 is 10.1 Å². The van der Waals surface area contributed by atoms with Gasteiger partial charge in [-0.2, -0.15) is 20.6 Å². The van der Waals surface area contributed by atoms with Gasteiger partial charge in [0, 0.05) is 25.9 Å². The number of aromatic amines is 1. The number of nitrogens with one attached hydrogen (secondary N) is 2. The number of aryl methyl sites for hydroxylation is 2. The molecule has 0 aromatic carbocycles. The van der Waals surface area contributed by atoms with Gasteiger partial charge in [0.1, 0.15) is 23.4 Å². The summed E-state index contributed by atoms with van der Waals surface area (Å²) in [5, 5.41) is 31.1. The number of rotatable bonds is 11. The summed E-state index contributed by atoms with van der Waals surface area (Å²) < 4.78 is 12.5. The fraction of sp³-hybridized carbons (Fsp3) is 0.455. The summed E-state index contributed by atoms with van der Waals surface area (Å²) in [5.74, 6) is 0.363. The molecule has 3 heterocycles. The normalized spacial score (nSPS) is 11.3. The zero-order valence-electron chi connectivity index (χ0n) is 18.3. The lowest BCUT2D eigenvalue weighted by molar-refractivity contribution is 0.101. The Hall–Kier alpha value is -3.78. The summed E-state index contributed by atoms with van der Waals surface area (Å²) >= 11 is 0. The molecular weight excluding hydrogens is 424 g/mol. The Labute approximate surface area is 193 Å². The van der Waals surface area contributed by atoms with Crippen LogP contribution in [0.5, 0.6) is 5.88 Å². The molecule has 1 amide bonds. The third kappa shape index (κ3) is 6.85. The van der Waals surface area contributed by atoms with Gasteiger partial charge in [0.05, 0.1) is 18.5 Å². The maximum absolute atomic E-state index is 12.6. The molecule has 3 aromatic rings. The van der Waals surface area contributed by atoms with Crippen LogP contribution in [0.4, 0.5) is 5.82 Å². The predicted octanol–water partition coefficient (Wildman–Crippen LogP) is 3.02. The number of anilines is 1. The number of ether oxygens (including phenoxy) is 2. The molecule has 33 heavy (non-hydrogen) atoms. The van der Waals surface area contributed by atoms with Crippen molar-refractivity contribution in [2.45, 2.75) is 52.7 Å². The molecule has 2 N–H and O–H groups in total. The van der Waals surface area contributed by atoms with Crippen LogP contribution in [0.3, 0.4) is 0 Å². The molecule has 3 rings (SSSR count). The van der Waals surface area contributed by atoms with E-state index in [1.54, 1.807) is 32.4 Å². The van der Waals surface area contributed by atoms with Crippen molar-refractivity contribution >= 4 is 11.7 Å². The molecule has 0 fully saturated rings. The monoisotopic (exact) mass is 454 g/mol. The van der Waals surface area contributed by atoms with Crippen LogP contribution in [0.1, 0.15) is 61.1 Å². The van der Waals surface area contributed by atoms with E-state index >= 15 is 0 Å². The number of H-pyrrole nitrogens is 1. The minimum atomic E-state index is -0.306. The number of carbonyl (C=O) groups excluding carboxylic acids is 1. The average molecular weight is 455 g/mol. The lowest BCUT2D eigenvalue weighted by Gasteiger charge is -2.17. The Kier molecular flexibility index (Phi) is 9.50. The van der Waals surface area contributed by atoms with Crippen LogP contribution in [0.2, 0.25) is 0 Å². The molecule has 176 valence electrons. The summed E-state index contributed by atoms with van der Waals surface area (Å²) in [5.41, 5.74) is 2.30. The van der Waals surface area contributed by atoms with E-state index < -0.39 is 0 Å². The van der Waals surface area contributed by atoms with Crippen molar-refractivity contribution in [3.63, 3.8) is 0 Å². The van der Waals surface area contributed by atoms with Crippen LogP contribution in [0.15, 0.2) is 24.4 Å². The van der Waals surface area contributed by atoms with E-state index in [0.717, 1.165) is 18.5 Å². The fourth-order valence-corrected chi connectivity index (χ4v) is 3.24. The minimum absolute atomic E-state index is 0. The van der Waals surface area contributed by atoms with E-state index in [2.05, 4.69) is 43.8 Å². The van der Waals surface area contributed by atoms with Crippen molar-refractivity contribution in [3.8, 4) is 11.9 Å². The average Bonchev–Trinajstić information content (AvgIpc) is 3.38. The van der Waals surface area contributed by atoms with Crippen LogP contribution in [0, 0.1) is 11.3 Å². The first-order chi connectivity index (χ1) is 15.5. The highest BCUT2D eigenvalue weighted by atomic mass is 16.5. The lowest BCUT2D eigenvalue weighted by Crippen LogP contribution is -2.19. The van der Waals surface area contributed by atoms with Gasteiger partial charge >= 0.3 is 0 Å². The number of hydrogen-bond donors (Lipinski definition) is 2. The zero-order valence-corrected chi connectivity index (χ0v) is 18.3. The smallest absolute Gasteiger partial charge is 0.275 e. The predicted molar refractivity (Wildman–Crippen MR) is 122 cm³/mol. The lowest BCUT2D eigenvalue weighted by atomic mass is 10.1. The molecule has 0 aliphatic rings. The first kappa shape index (κ1) is 25.5. The third-order valence-corrected chi connectivity index (χ3v) is 4.76. The topological polar surface area (TPSA) is 144 Å². The third-order valence-electron chi connectivity index (χ3n) is 4.76. The Morgan fingerprint density at radius 2 is 2.18 bits per heavy atom. The molecule has 3 aromatic heterocycles. The van der Waals surface area contributed by atoms with Gasteiger partial charge in [-0.1, -0.05) is 20.8 Å². The largest absolute Gasteiger partial charge is 0.472 e. The molecule has 11 heteroatoms. The SMILES string of the molecule is C.CCCC(CCc1cc(NC(=O)c2cc(COC)nn2C)n[nH]1)Oc1nnccc1C#N. The molecule has 0 saturated carbocycles. The number of carbonyl (C=O) groups is 1. The molecule has 0 bridgehead atoms. The number of hydrogen-bond acceptors (Lipinski definition) is 8. The van der Waals surface area contributed by atoms with Gasteiger partial charge in [-0.25, -0.2) is 0 Å². The molecule has 11 nitrogen and oxygen atoms in total. The molecule has 0 aliphatic carbocycles. The number of amides is 1. The van der Waals surface area contributed by atoms with Crippen molar-refractivity contribution in [2.75, 3.05) is 12.4 Å². The van der Waals surface area contributed by atoms with E-state index in [9.17, 15) is 10.1 Å². The van der Waals surface area contributed by atoms with E-state index in [1.807, 2.05) is 0 Å². The van der Waals surface area contributed by atoms with Gasteiger partial charge in [-0.15, -0.1) is 5.10 Å². The number of aromatic nitrogens is 6. The maximum Gasteiger partial charge on any atom is 0.275 e. The Bertz CT molecular complexity index is 1090. The van der Waals surface area contributed by atoms with Crippen molar-refractivity contribution in [3.05, 3.63) is 47.0 Å². The Morgan fingerprint density at radius 3 is 2.91 bits per heavy atom. The fourth-order valence-electron chi connectivity index (χ4n) is 3.24. The number of nitrogens with zero attached hydrogens (tertiary/aromatic N) is 6. The van der Waals surface area contributed by atoms with Crippen LogP contribution in [-0.4, -0.2) is 49.3 Å². The molecule has 1 unspecified atom stereocenters. The van der Waals surface area contributed by atoms with Crippen LogP contribution in [-0.2, 0) is 24.8 Å². The molecule has 0 radical (unpaired) electrons. The van der Waals surface area contributed by atoms with E-state index in [1.165, 1.54) is 10.9 Å². The summed E-state index contributed by atoms with van der Waals surface area (Å²) in [7, 11) is 3.28. The van der Waals surface area contributed by atoms with Gasteiger partial charge in [-0.05, 0) is 31.4 Å². The Balaban J connectivity index is 0.00000385. The Morgan fingerprint density at radius 1 is 1.36 bits per heavy atom. The highest BCUT2D eigenvalue weighted by Gasteiger charge is 2.17. The van der Waals surface area contributed by atoms with Gasteiger partial charge < -0.3 is 14.8 Å². The minimum Gasteiger partial charge on any atom is -0.472 e. The molecule has 0 aliphatic heterocycles. The van der Waals surface area contributed by atoms with Crippen molar-refractivity contribution in [1.29, 1.82) is 5.26 Å². The summed E-state index contributed by atoms with van der Waals surface area (Å²) in [4.78, 5) is 12.6.